The first-order valence-electron chi connectivity index (χ1n) is 6.67. The maximum Gasteiger partial charge on any atom is 0.435 e. The van der Waals surface area contributed by atoms with E-state index in [1.165, 1.54) is 19.9 Å². The maximum atomic E-state index is 12.7. The molecule has 1 N–H and O–H groups in total. The number of nitrogens with one attached hydrogen (secondary N) is 1. The summed E-state index contributed by atoms with van der Waals surface area (Å²) >= 11 is 0. The molecule has 1 unspecified atom stereocenters. The van der Waals surface area contributed by atoms with Gasteiger partial charge < -0.3 is 5.32 Å². The monoisotopic (exact) mass is 322 g/mol. The number of aromatic nitrogens is 2. The van der Waals surface area contributed by atoms with Crippen LogP contribution in [-0.2, 0) is 11.0 Å². The fraction of sp³-hybridized carbons (Fsp3) is 0.267. The first-order valence-corrected chi connectivity index (χ1v) is 6.67. The summed E-state index contributed by atoms with van der Waals surface area (Å²) in [5.41, 5.74) is -0.269. The number of para-hydroxylation sites is 1. The molecule has 0 aliphatic carbocycles. The molecule has 23 heavy (non-hydrogen) atoms. The van der Waals surface area contributed by atoms with Crippen molar-refractivity contribution in [2.45, 2.75) is 26.1 Å². The molecule has 120 valence electrons. The van der Waals surface area contributed by atoms with Crippen LogP contribution in [0.3, 0.4) is 0 Å². The normalized spacial score (nSPS) is 12.5. The summed E-state index contributed by atoms with van der Waals surface area (Å²) in [4.78, 5) is 12.2. The minimum atomic E-state index is -4.57. The van der Waals surface area contributed by atoms with E-state index in [0.29, 0.717) is 5.69 Å². The van der Waals surface area contributed by atoms with Gasteiger partial charge in [0.15, 0.2) is 5.69 Å². The average molecular weight is 322 g/mol. The van der Waals surface area contributed by atoms with Crippen molar-refractivity contribution in [1.82, 2.24) is 9.78 Å². The summed E-state index contributed by atoms with van der Waals surface area (Å²) < 4.78 is 39.0. The number of rotatable bonds is 3. The Balaban J connectivity index is 2.24. The molecular weight excluding hydrogens is 309 g/mol. The minimum Gasteiger partial charge on any atom is -0.323 e. The predicted octanol–water partition coefficient (Wildman–Crippen LogP) is 3.28. The first-order chi connectivity index (χ1) is 10.7. The Morgan fingerprint density at radius 3 is 2.61 bits per heavy atom. The molecule has 1 atom stereocenters. The number of nitriles is 1. The third-order valence-corrected chi connectivity index (χ3v) is 3.26. The van der Waals surface area contributed by atoms with Crippen molar-refractivity contribution in [1.29, 1.82) is 5.26 Å². The lowest BCUT2D eigenvalue weighted by Crippen LogP contribution is -2.26. The lowest BCUT2D eigenvalue weighted by Gasteiger charge is -2.15. The van der Waals surface area contributed by atoms with Crippen LogP contribution in [0.4, 0.5) is 18.9 Å². The number of carbonyl (C=O) groups is 1. The van der Waals surface area contributed by atoms with E-state index >= 15 is 0 Å². The first kappa shape index (κ1) is 16.5. The number of amides is 1. The van der Waals surface area contributed by atoms with Crippen molar-refractivity contribution in [2.75, 3.05) is 5.32 Å². The highest BCUT2D eigenvalue weighted by molar-refractivity contribution is 5.94. The van der Waals surface area contributed by atoms with Gasteiger partial charge in [0.25, 0.3) is 0 Å². The van der Waals surface area contributed by atoms with Crippen LogP contribution in [0.2, 0.25) is 0 Å². The third-order valence-electron chi connectivity index (χ3n) is 3.26. The van der Waals surface area contributed by atoms with E-state index in [1.807, 2.05) is 6.07 Å². The molecule has 0 aliphatic heterocycles. The van der Waals surface area contributed by atoms with Gasteiger partial charge in [-0.1, -0.05) is 12.1 Å². The number of benzene rings is 1. The summed E-state index contributed by atoms with van der Waals surface area (Å²) in [6.07, 6.45) is -4.57. The molecule has 1 aromatic carbocycles. The quantitative estimate of drug-likeness (QED) is 0.942. The van der Waals surface area contributed by atoms with E-state index in [1.54, 1.807) is 18.2 Å². The second-order valence-corrected chi connectivity index (χ2v) is 4.94. The van der Waals surface area contributed by atoms with Gasteiger partial charge in [-0.25, -0.2) is 0 Å². The second kappa shape index (κ2) is 6.12. The number of hydrogen-bond donors (Lipinski definition) is 1. The van der Waals surface area contributed by atoms with Gasteiger partial charge in [-0.2, -0.15) is 23.5 Å². The van der Waals surface area contributed by atoms with E-state index in [9.17, 15) is 18.0 Å². The van der Waals surface area contributed by atoms with Crippen molar-refractivity contribution in [3.63, 3.8) is 0 Å². The van der Waals surface area contributed by atoms with Gasteiger partial charge in [0.05, 0.1) is 11.3 Å². The van der Waals surface area contributed by atoms with Crippen molar-refractivity contribution in [3.05, 3.63) is 47.3 Å². The van der Waals surface area contributed by atoms with Crippen LogP contribution in [0.15, 0.2) is 30.3 Å². The van der Waals surface area contributed by atoms with Crippen molar-refractivity contribution in [3.8, 4) is 6.07 Å². The van der Waals surface area contributed by atoms with Gasteiger partial charge in [0.1, 0.15) is 12.1 Å². The van der Waals surface area contributed by atoms with Gasteiger partial charge in [0.2, 0.25) is 5.91 Å². The minimum absolute atomic E-state index is 0.216. The van der Waals surface area contributed by atoms with E-state index in [-0.39, 0.29) is 11.3 Å². The topological polar surface area (TPSA) is 70.7 Å². The molecule has 0 radical (unpaired) electrons. The van der Waals surface area contributed by atoms with Gasteiger partial charge in [-0.05, 0) is 32.0 Å². The Morgan fingerprint density at radius 1 is 1.39 bits per heavy atom. The molecule has 2 aromatic rings. The molecule has 1 heterocycles. The van der Waals surface area contributed by atoms with E-state index in [0.717, 1.165) is 10.7 Å². The lowest BCUT2D eigenvalue weighted by molar-refractivity contribution is -0.141. The van der Waals surface area contributed by atoms with Gasteiger partial charge in [0, 0.05) is 5.69 Å². The predicted molar refractivity (Wildman–Crippen MR) is 76.5 cm³/mol. The standard InChI is InChI=1S/C15H13F3N4O/c1-9-7-13(15(16,17)18)21-22(9)10(2)14(23)20-12-6-4-3-5-11(12)8-19/h3-7,10H,1-2H3,(H,20,23). The molecule has 0 aliphatic rings. The number of halogens is 3. The largest absolute Gasteiger partial charge is 0.435 e. The molecule has 0 fully saturated rings. The number of aryl methyl sites for hydroxylation is 1. The summed E-state index contributed by atoms with van der Waals surface area (Å²) in [5.74, 6) is -0.562. The van der Waals surface area contributed by atoms with Crippen LogP contribution < -0.4 is 5.32 Å². The molecule has 2 rings (SSSR count). The number of anilines is 1. The average Bonchev–Trinajstić information content (AvgIpc) is 2.89. The fourth-order valence-corrected chi connectivity index (χ4v) is 2.06. The summed E-state index contributed by atoms with van der Waals surface area (Å²) in [6.45, 7) is 2.87. The summed E-state index contributed by atoms with van der Waals surface area (Å²) in [6, 6.07) is 8.21. The van der Waals surface area contributed by atoms with Crippen LogP contribution in [0.5, 0.6) is 0 Å². The van der Waals surface area contributed by atoms with Crippen LogP contribution in [0, 0.1) is 18.3 Å². The highest BCUT2D eigenvalue weighted by Crippen LogP contribution is 2.29. The Kier molecular flexibility index (Phi) is 4.40. The molecule has 0 bridgehead atoms. The highest BCUT2D eigenvalue weighted by Gasteiger charge is 2.35. The summed E-state index contributed by atoms with van der Waals surface area (Å²) in [7, 11) is 0. The zero-order valence-corrected chi connectivity index (χ0v) is 12.3. The Morgan fingerprint density at radius 2 is 2.04 bits per heavy atom. The number of hydrogen-bond acceptors (Lipinski definition) is 3. The van der Waals surface area contributed by atoms with Crippen LogP contribution >= 0.6 is 0 Å². The highest BCUT2D eigenvalue weighted by atomic mass is 19.4. The molecule has 8 heteroatoms. The smallest absolute Gasteiger partial charge is 0.323 e. The third kappa shape index (κ3) is 3.51. The zero-order chi connectivity index (χ0) is 17.2. The van der Waals surface area contributed by atoms with Crippen molar-refractivity contribution >= 4 is 11.6 Å². The SMILES string of the molecule is Cc1cc(C(F)(F)F)nn1C(C)C(=O)Nc1ccccc1C#N. The van der Waals surface area contributed by atoms with Crippen molar-refractivity contribution in [2.24, 2.45) is 0 Å². The molecule has 0 saturated heterocycles. The van der Waals surface area contributed by atoms with E-state index in [4.69, 9.17) is 5.26 Å². The molecule has 0 saturated carbocycles. The maximum absolute atomic E-state index is 12.7. The molecule has 5 nitrogen and oxygen atoms in total. The Bertz CT molecular complexity index is 774. The number of alkyl halides is 3. The van der Waals surface area contributed by atoms with Gasteiger partial charge in [-0.15, -0.1) is 0 Å². The van der Waals surface area contributed by atoms with Crippen LogP contribution in [-0.4, -0.2) is 15.7 Å². The van der Waals surface area contributed by atoms with Gasteiger partial charge >= 0.3 is 6.18 Å². The second-order valence-electron chi connectivity index (χ2n) is 4.94. The number of carbonyl (C=O) groups excluding carboxylic acids is 1. The molecule has 1 amide bonds. The van der Waals surface area contributed by atoms with E-state index in [2.05, 4.69) is 10.4 Å². The molecule has 0 spiro atoms. The number of nitrogens with zero attached hydrogens (tertiary/aromatic N) is 3. The fourth-order valence-electron chi connectivity index (χ4n) is 2.06. The van der Waals surface area contributed by atoms with Crippen LogP contribution in [0.25, 0.3) is 0 Å². The van der Waals surface area contributed by atoms with Crippen LogP contribution in [0.1, 0.15) is 29.9 Å². The molecule has 1 aromatic heterocycles. The van der Waals surface area contributed by atoms with Crippen molar-refractivity contribution < 1.29 is 18.0 Å². The Hall–Kier alpha value is -2.82. The summed E-state index contributed by atoms with van der Waals surface area (Å²) in [5, 5.41) is 15.0. The lowest BCUT2D eigenvalue weighted by atomic mass is 10.2. The van der Waals surface area contributed by atoms with E-state index < -0.39 is 23.8 Å². The molecular formula is C15H13F3N4O. The Labute approximate surface area is 130 Å². The zero-order valence-electron chi connectivity index (χ0n) is 12.3. The van der Waals surface area contributed by atoms with Gasteiger partial charge in [-0.3, -0.25) is 9.48 Å².